The molecule has 19 heavy (non-hydrogen) atoms. The van der Waals surface area contributed by atoms with E-state index in [2.05, 4.69) is 36.1 Å². The van der Waals surface area contributed by atoms with Gasteiger partial charge in [-0.05, 0) is 46.4 Å². The zero-order valence-electron chi connectivity index (χ0n) is 12.9. The highest BCUT2D eigenvalue weighted by molar-refractivity contribution is 4.88. The van der Waals surface area contributed by atoms with Gasteiger partial charge in [-0.25, -0.2) is 0 Å². The molecule has 0 saturated carbocycles. The molecule has 2 fully saturated rings. The molecule has 1 N–H and O–H groups in total. The Balaban J connectivity index is 1.81. The van der Waals surface area contributed by atoms with Crippen LogP contribution in [0.2, 0.25) is 0 Å². The van der Waals surface area contributed by atoms with Crippen molar-refractivity contribution in [3.05, 3.63) is 0 Å². The molecular weight excluding hydrogens is 238 g/mol. The fraction of sp³-hybridized carbons (Fsp3) is 1.00. The predicted octanol–water partition coefficient (Wildman–Crippen LogP) is 1.03. The first-order chi connectivity index (χ1) is 9.20. The van der Waals surface area contributed by atoms with E-state index in [4.69, 9.17) is 4.74 Å². The second-order valence-electron chi connectivity index (χ2n) is 6.41. The summed E-state index contributed by atoms with van der Waals surface area (Å²) in [4.78, 5) is 5.01. The quantitative estimate of drug-likeness (QED) is 0.747. The number of nitrogens with one attached hydrogen (secondary N) is 1. The number of ether oxygens (including phenoxy) is 1. The third-order valence-corrected chi connectivity index (χ3v) is 4.40. The van der Waals surface area contributed by atoms with Crippen LogP contribution in [0.15, 0.2) is 0 Å². The summed E-state index contributed by atoms with van der Waals surface area (Å²) in [6.07, 6.45) is 3.92. The molecule has 0 aromatic heterocycles. The maximum Gasteiger partial charge on any atom is 0.0623 e. The van der Waals surface area contributed by atoms with Crippen LogP contribution in [0.25, 0.3) is 0 Å². The van der Waals surface area contributed by atoms with E-state index in [9.17, 15) is 0 Å². The highest BCUT2D eigenvalue weighted by Gasteiger charge is 2.33. The van der Waals surface area contributed by atoms with Crippen molar-refractivity contribution in [2.45, 2.75) is 38.3 Å². The average Bonchev–Trinajstić information content (AvgIpc) is 2.97. The minimum Gasteiger partial charge on any atom is -0.379 e. The molecule has 3 atom stereocenters. The summed E-state index contributed by atoms with van der Waals surface area (Å²) in [5, 5.41) is 3.65. The molecule has 3 unspecified atom stereocenters. The molecule has 0 aromatic carbocycles. The molecule has 0 bridgehead atoms. The van der Waals surface area contributed by atoms with Crippen LogP contribution in [0.3, 0.4) is 0 Å². The topological polar surface area (TPSA) is 27.7 Å². The first-order valence-electron chi connectivity index (χ1n) is 7.90. The molecule has 2 aliphatic heterocycles. The van der Waals surface area contributed by atoms with Crippen molar-refractivity contribution >= 4 is 0 Å². The van der Waals surface area contributed by atoms with Crippen LogP contribution in [-0.2, 0) is 4.74 Å². The van der Waals surface area contributed by atoms with Gasteiger partial charge < -0.3 is 15.0 Å². The third-order valence-electron chi connectivity index (χ3n) is 4.40. The van der Waals surface area contributed by atoms with Crippen LogP contribution in [-0.4, -0.2) is 75.4 Å². The van der Waals surface area contributed by atoms with Crippen LogP contribution < -0.4 is 5.32 Å². The summed E-state index contributed by atoms with van der Waals surface area (Å²) in [6.45, 7) is 8.86. The molecule has 4 nitrogen and oxygen atoms in total. The zero-order chi connectivity index (χ0) is 13.7. The third kappa shape index (κ3) is 4.42. The first-order valence-corrected chi connectivity index (χ1v) is 7.90. The van der Waals surface area contributed by atoms with Crippen LogP contribution in [0.1, 0.15) is 26.2 Å². The van der Waals surface area contributed by atoms with Crippen molar-refractivity contribution in [1.29, 1.82) is 0 Å². The van der Waals surface area contributed by atoms with E-state index >= 15 is 0 Å². The van der Waals surface area contributed by atoms with Gasteiger partial charge in [0.25, 0.3) is 0 Å². The summed E-state index contributed by atoms with van der Waals surface area (Å²) >= 11 is 0. The monoisotopic (exact) mass is 269 g/mol. The molecule has 0 radical (unpaired) electrons. The number of rotatable bonds is 7. The number of hydrogen-bond donors (Lipinski definition) is 1. The summed E-state index contributed by atoms with van der Waals surface area (Å²) in [5.74, 6) is 0.675. The van der Waals surface area contributed by atoms with E-state index in [0.717, 1.165) is 25.8 Å². The average molecular weight is 269 g/mol. The van der Waals surface area contributed by atoms with E-state index in [1.54, 1.807) is 0 Å². The van der Waals surface area contributed by atoms with Crippen LogP contribution in [0.5, 0.6) is 0 Å². The number of likely N-dealkylation sites (tertiary alicyclic amines) is 1. The fourth-order valence-electron chi connectivity index (χ4n) is 3.40. The molecule has 0 amide bonds. The van der Waals surface area contributed by atoms with Crippen molar-refractivity contribution in [3.63, 3.8) is 0 Å². The van der Waals surface area contributed by atoms with Crippen LogP contribution in [0, 0.1) is 5.92 Å². The number of nitrogens with zero attached hydrogens (tertiary/aromatic N) is 2. The van der Waals surface area contributed by atoms with E-state index < -0.39 is 0 Å². The van der Waals surface area contributed by atoms with Gasteiger partial charge in [-0.2, -0.15) is 0 Å². The normalized spacial score (nSPS) is 32.5. The molecule has 2 saturated heterocycles. The Morgan fingerprint density at radius 3 is 2.89 bits per heavy atom. The maximum absolute atomic E-state index is 5.69. The Morgan fingerprint density at radius 2 is 2.16 bits per heavy atom. The van der Waals surface area contributed by atoms with E-state index in [1.807, 2.05) is 0 Å². The Hall–Kier alpha value is -0.160. The van der Waals surface area contributed by atoms with Crippen molar-refractivity contribution in [2.75, 3.05) is 53.5 Å². The summed E-state index contributed by atoms with van der Waals surface area (Å²) < 4.78 is 5.69. The zero-order valence-corrected chi connectivity index (χ0v) is 12.9. The summed E-state index contributed by atoms with van der Waals surface area (Å²) in [5.41, 5.74) is 0. The Morgan fingerprint density at radius 1 is 1.32 bits per heavy atom. The van der Waals surface area contributed by atoms with Gasteiger partial charge >= 0.3 is 0 Å². The molecule has 2 heterocycles. The standard InChI is InChI=1S/C15H31N3O/c1-4-7-16-15-12-19-11-13(15)9-18-8-5-6-14(18)10-17(2)3/h13-16H,4-12H2,1-3H3. The Kier molecular flexibility index (Phi) is 6.07. The Bertz CT molecular complexity index is 260. The van der Waals surface area contributed by atoms with Gasteiger partial charge in [0, 0.05) is 31.1 Å². The highest BCUT2D eigenvalue weighted by Crippen LogP contribution is 2.23. The Labute approximate surface area is 118 Å². The lowest BCUT2D eigenvalue weighted by atomic mass is 10.0. The van der Waals surface area contributed by atoms with Gasteiger partial charge in [-0.1, -0.05) is 6.92 Å². The van der Waals surface area contributed by atoms with Gasteiger partial charge in [0.05, 0.1) is 13.2 Å². The smallest absolute Gasteiger partial charge is 0.0623 e. The molecule has 0 spiro atoms. The lowest BCUT2D eigenvalue weighted by molar-refractivity contribution is 0.152. The number of likely N-dealkylation sites (N-methyl/N-ethyl adjacent to an activating group) is 1. The minimum atomic E-state index is 0.570. The van der Waals surface area contributed by atoms with Crippen molar-refractivity contribution in [1.82, 2.24) is 15.1 Å². The predicted molar refractivity (Wildman–Crippen MR) is 79.5 cm³/mol. The molecule has 2 rings (SSSR count). The molecule has 2 aliphatic rings. The van der Waals surface area contributed by atoms with Crippen molar-refractivity contribution < 1.29 is 4.74 Å². The highest BCUT2D eigenvalue weighted by atomic mass is 16.5. The van der Waals surface area contributed by atoms with Gasteiger partial charge in [0.2, 0.25) is 0 Å². The second kappa shape index (κ2) is 7.58. The van der Waals surface area contributed by atoms with Crippen molar-refractivity contribution in [3.8, 4) is 0 Å². The molecular formula is C15H31N3O. The summed E-state index contributed by atoms with van der Waals surface area (Å²) in [7, 11) is 4.36. The molecule has 0 aliphatic carbocycles. The maximum atomic E-state index is 5.69. The lowest BCUT2D eigenvalue weighted by Crippen LogP contribution is -2.45. The SMILES string of the molecule is CCCNC1COCC1CN1CCCC1CN(C)C. The first kappa shape index (κ1) is 15.2. The summed E-state index contributed by atoms with van der Waals surface area (Å²) in [6, 6.07) is 1.32. The molecule has 4 heteroatoms. The second-order valence-corrected chi connectivity index (χ2v) is 6.41. The lowest BCUT2D eigenvalue weighted by Gasteiger charge is -2.30. The molecule has 0 aromatic rings. The number of hydrogen-bond acceptors (Lipinski definition) is 4. The van der Waals surface area contributed by atoms with Gasteiger partial charge in [-0.3, -0.25) is 4.90 Å². The van der Waals surface area contributed by atoms with E-state index in [1.165, 1.54) is 38.9 Å². The minimum absolute atomic E-state index is 0.570. The van der Waals surface area contributed by atoms with Crippen LogP contribution >= 0.6 is 0 Å². The van der Waals surface area contributed by atoms with Crippen molar-refractivity contribution in [2.24, 2.45) is 5.92 Å². The van der Waals surface area contributed by atoms with Gasteiger partial charge in [-0.15, -0.1) is 0 Å². The van der Waals surface area contributed by atoms with Crippen LogP contribution in [0.4, 0.5) is 0 Å². The fourth-order valence-corrected chi connectivity index (χ4v) is 3.40. The van der Waals surface area contributed by atoms with Gasteiger partial charge in [0.15, 0.2) is 0 Å². The molecule has 112 valence electrons. The largest absolute Gasteiger partial charge is 0.379 e. The van der Waals surface area contributed by atoms with E-state index in [-0.39, 0.29) is 0 Å². The van der Waals surface area contributed by atoms with Gasteiger partial charge in [0.1, 0.15) is 0 Å². The van der Waals surface area contributed by atoms with E-state index in [0.29, 0.717) is 12.0 Å².